The Labute approximate surface area is 146 Å². The molecule has 0 aliphatic heterocycles. The van der Waals surface area contributed by atoms with E-state index in [-0.39, 0.29) is 10.2 Å². The van der Waals surface area contributed by atoms with E-state index >= 15 is 0 Å². The van der Waals surface area contributed by atoms with Crippen LogP contribution in [0.2, 0.25) is 0 Å². The Hall–Kier alpha value is -1.86. The van der Waals surface area contributed by atoms with Crippen molar-refractivity contribution in [1.82, 2.24) is 0 Å². The van der Waals surface area contributed by atoms with Gasteiger partial charge < -0.3 is 0 Å². The summed E-state index contributed by atoms with van der Waals surface area (Å²) in [7, 11) is 0. The summed E-state index contributed by atoms with van der Waals surface area (Å²) in [5.74, 6) is 0.255. The maximum atomic E-state index is 4.12. The molecule has 0 saturated heterocycles. The number of hydrogen-bond acceptors (Lipinski definition) is 0. The summed E-state index contributed by atoms with van der Waals surface area (Å²) in [6.45, 7) is 12.6. The summed E-state index contributed by atoms with van der Waals surface area (Å²) in [6, 6.07) is 13.4. The van der Waals surface area contributed by atoms with Crippen LogP contribution in [0.25, 0.3) is 0 Å². The summed E-state index contributed by atoms with van der Waals surface area (Å²) in [4.78, 5) is 0. The second-order valence-corrected chi connectivity index (χ2v) is 7.67. The van der Waals surface area contributed by atoms with Crippen LogP contribution in [0.1, 0.15) is 39.3 Å². The predicted octanol–water partition coefficient (Wildman–Crippen LogP) is 6.07. The van der Waals surface area contributed by atoms with Crippen molar-refractivity contribution in [2.45, 2.75) is 24.1 Å². The molecule has 2 unspecified atom stereocenters. The number of hydrogen-bond donors (Lipinski definition) is 0. The Morgan fingerprint density at radius 3 is 2.35 bits per heavy atom. The Bertz CT molecular complexity index is 900. The first-order valence-electron chi connectivity index (χ1n) is 7.93. The molecule has 0 saturated carbocycles. The number of aryl methyl sites for hydroxylation is 2. The van der Waals surface area contributed by atoms with Crippen molar-refractivity contribution in [3.8, 4) is 0 Å². The summed E-state index contributed by atoms with van der Waals surface area (Å²) in [6.07, 6.45) is 4.00. The minimum absolute atomic E-state index is 0.255. The zero-order chi connectivity index (χ0) is 16.4. The zero-order valence-corrected chi connectivity index (χ0v) is 15.1. The highest BCUT2D eigenvalue weighted by molar-refractivity contribution is 9.10. The quantitative estimate of drug-likeness (QED) is 0.568. The minimum atomic E-state index is -0.322. The van der Waals surface area contributed by atoms with Crippen molar-refractivity contribution < 1.29 is 0 Å². The van der Waals surface area contributed by atoms with Crippen LogP contribution >= 0.6 is 15.9 Å². The number of halogens is 1. The molecule has 0 amide bonds. The fourth-order valence-electron chi connectivity index (χ4n) is 4.22. The lowest BCUT2D eigenvalue weighted by molar-refractivity contribution is 0.726. The van der Waals surface area contributed by atoms with E-state index in [1.165, 1.54) is 44.5 Å². The average Bonchev–Trinajstić information content (AvgIpc) is 2.56. The fourth-order valence-corrected chi connectivity index (χ4v) is 5.31. The minimum Gasteiger partial charge on any atom is -0.0987 e. The van der Waals surface area contributed by atoms with Gasteiger partial charge in [0.15, 0.2) is 0 Å². The molecule has 5 rings (SSSR count). The lowest BCUT2D eigenvalue weighted by atomic mass is 9.60. The second-order valence-electron chi connectivity index (χ2n) is 6.48. The van der Waals surface area contributed by atoms with Crippen LogP contribution in [0.15, 0.2) is 72.9 Å². The maximum absolute atomic E-state index is 4.12. The van der Waals surface area contributed by atoms with Gasteiger partial charge in [0.2, 0.25) is 0 Å². The molecule has 0 spiro atoms. The van der Waals surface area contributed by atoms with Crippen LogP contribution in [-0.2, 0) is 4.32 Å². The molecule has 2 aromatic rings. The summed E-state index contributed by atoms with van der Waals surface area (Å²) in [5, 5.41) is 0. The highest BCUT2D eigenvalue weighted by atomic mass is 79.9. The van der Waals surface area contributed by atoms with Crippen molar-refractivity contribution in [1.29, 1.82) is 0 Å². The molecular weight excluding hydrogens is 344 g/mol. The van der Waals surface area contributed by atoms with Crippen LogP contribution in [0.4, 0.5) is 0 Å². The van der Waals surface area contributed by atoms with E-state index < -0.39 is 0 Å². The van der Waals surface area contributed by atoms with Gasteiger partial charge >= 0.3 is 0 Å². The Morgan fingerprint density at radius 1 is 0.957 bits per heavy atom. The van der Waals surface area contributed by atoms with Crippen molar-refractivity contribution in [3.05, 3.63) is 106 Å². The van der Waals surface area contributed by atoms with Gasteiger partial charge in [-0.15, -0.1) is 0 Å². The summed E-state index contributed by atoms with van der Waals surface area (Å²) in [5.41, 5.74) is 10.6. The molecule has 3 aliphatic rings. The molecule has 3 aliphatic carbocycles. The van der Waals surface area contributed by atoms with E-state index in [9.17, 15) is 0 Å². The molecule has 2 aromatic carbocycles. The number of rotatable bonds is 2. The number of alkyl halides is 1. The fraction of sp³-hybridized carbons (Fsp3) is 0.182. The van der Waals surface area contributed by atoms with Crippen molar-refractivity contribution in [2.24, 2.45) is 0 Å². The second kappa shape index (κ2) is 4.82. The molecule has 0 N–H and O–H groups in total. The largest absolute Gasteiger partial charge is 0.101 e. The first-order valence-corrected chi connectivity index (χ1v) is 8.72. The molecule has 1 heteroatoms. The van der Waals surface area contributed by atoms with E-state index in [1.54, 1.807) is 0 Å². The Balaban J connectivity index is 2.19. The first kappa shape index (κ1) is 14.7. The van der Waals surface area contributed by atoms with E-state index in [0.717, 1.165) is 0 Å². The lowest BCUT2D eigenvalue weighted by Crippen LogP contribution is -2.37. The number of allylic oxidation sites excluding steroid dienone is 4. The Morgan fingerprint density at radius 2 is 1.65 bits per heavy atom. The highest BCUT2D eigenvalue weighted by Crippen LogP contribution is 2.62. The van der Waals surface area contributed by atoms with Gasteiger partial charge in [0, 0.05) is 5.92 Å². The zero-order valence-electron chi connectivity index (χ0n) is 13.5. The normalized spacial score (nSPS) is 24.2. The maximum Gasteiger partial charge on any atom is 0.101 e. The topological polar surface area (TPSA) is 0 Å². The average molecular weight is 363 g/mol. The van der Waals surface area contributed by atoms with E-state index in [4.69, 9.17) is 0 Å². The van der Waals surface area contributed by atoms with Gasteiger partial charge in [0.05, 0.1) is 0 Å². The van der Waals surface area contributed by atoms with Gasteiger partial charge in [-0.3, -0.25) is 0 Å². The molecule has 0 fully saturated rings. The predicted molar refractivity (Wildman–Crippen MR) is 101 cm³/mol. The molecule has 2 bridgehead atoms. The summed E-state index contributed by atoms with van der Waals surface area (Å²) >= 11 is 4.12. The van der Waals surface area contributed by atoms with Gasteiger partial charge in [-0.05, 0) is 58.4 Å². The number of benzene rings is 2. The monoisotopic (exact) mass is 362 g/mol. The smallest absolute Gasteiger partial charge is 0.0987 e. The Kier molecular flexibility index (Phi) is 3.08. The molecule has 0 nitrogen and oxygen atoms in total. The van der Waals surface area contributed by atoms with Crippen LogP contribution < -0.4 is 0 Å². The molecular formula is C22H19Br. The molecule has 114 valence electrons. The van der Waals surface area contributed by atoms with Crippen molar-refractivity contribution in [2.75, 3.05) is 0 Å². The highest BCUT2D eigenvalue weighted by Gasteiger charge is 2.50. The van der Waals surface area contributed by atoms with Gasteiger partial charge in [-0.25, -0.2) is 0 Å². The third-order valence-electron chi connectivity index (χ3n) is 5.41. The van der Waals surface area contributed by atoms with E-state index in [2.05, 4.69) is 79.3 Å². The van der Waals surface area contributed by atoms with Crippen LogP contribution in [0.5, 0.6) is 0 Å². The summed E-state index contributed by atoms with van der Waals surface area (Å²) < 4.78 is -0.322. The lowest BCUT2D eigenvalue weighted by Gasteiger charge is -2.48. The molecule has 0 radical (unpaired) electrons. The van der Waals surface area contributed by atoms with Gasteiger partial charge in [0.1, 0.15) is 4.32 Å². The van der Waals surface area contributed by atoms with Crippen LogP contribution in [-0.4, -0.2) is 0 Å². The van der Waals surface area contributed by atoms with Gasteiger partial charge in [-0.2, -0.15) is 0 Å². The van der Waals surface area contributed by atoms with Gasteiger partial charge in [-0.1, -0.05) is 77.6 Å². The standard InChI is InChI=1S/C22H19Br/c1-5-15-18(6-2)22(23)19-10-8-7-9-16(19)21(15)17-11-13(3)14(4)12-20(17)22/h5-12,21H,1-2H2,3-4H3. The van der Waals surface area contributed by atoms with Crippen molar-refractivity contribution in [3.63, 3.8) is 0 Å². The van der Waals surface area contributed by atoms with E-state index in [1.807, 2.05) is 12.2 Å². The molecule has 2 atom stereocenters. The third-order valence-corrected chi connectivity index (χ3v) is 6.69. The third kappa shape index (κ3) is 1.66. The molecule has 23 heavy (non-hydrogen) atoms. The van der Waals surface area contributed by atoms with Gasteiger partial charge in [0.25, 0.3) is 0 Å². The molecule has 0 heterocycles. The molecule has 0 aromatic heterocycles. The van der Waals surface area contributed by atoms with Crippen molar-refractivity contribution >= 4 is 15.9 Å². The SMILES string of the molecule is C=CC1=C(C=C)C2(Br)c3ccccc3C1c1cc(C)c(C)cc12. The first-order chi connectivity index (χ1) is 11.0. The van der Waals surface area contributed by atoms with E-state index in [0.29, 0.717) is 0 Å². The van der Waals surface area contributed by atoms with Crippen LogP contribution in [0, 0.1) is 13.8 Å². The van der Waals surface area contributed by atoms with Crippen LogP contribution in [0.3, 0.4) is 0 Å².